The van der Waals surface area contributed by atoms with E-state index in [0.717, 1.165) is 18.2 Å². The van der Waals surface area contributed by atoms with Crippen LogP contribution in [0.4, 0.5) is 26.1 Å². The molecule has 0 spiro atoms. The molecule has 8 heteroatoms. The molecular weight excluding hydrogens is 260 g/mol. The van der Waals surface area contributed by atoms with Gasteiger partial charge in [-0.2, -0.15) is 13.2 Å². The van der Waals surface area contributed by atoms with Crippen LogP contribution < -0.4 is 51.4 Å². The van der Waals surface area contributed by atoms with Crippen molar-refractivity contribution in [1.82, 2.24) is 0 Å². The van der Waals surface area contributed by atoms with Gasteiger partial charge in [-0.25, -0.2) is 0 Å². The third-order valence-electron chi connectivity index (χ3n) is 1.72. The van der Waals surface area contributed by atoms with E-state index in [1.54, 1.807) is 0 Å². The van der Waals surface area contributed by atoms with E-state index in [1.165, 1.54) is 0 Å². The summed E-state index contributed by atoms with van der Waals surface area (Å²) in [6.45, 7) is -5.10. The van der Waals surface area contributed by atoms with Gasteiger partial charge >= 0.3 is 64.5 Å². The van der Waals surface area contributed by atoms with Crippen LogP contribution in [0, 0.1) is 0 Å². The largest absolute Gasteiger partial charge is 1.00 e. The molecule has 0 aliphatic carbocycles. The maximum Gasteiger partial charge on any atom is 1.00 e. The molecule has 0 heterocycles. The van der Waals surface area contributed by atoms with Crippen molar-refractivity contribution in [3.05, 3.63) is 35.4 Å². The van der Waals surface area contributed by atoms with E-state index in [0.29, 0.717) is 6.07 Å². The van der Waals surface area contributed by atoms with Gasteiger partial charge in [0.2, 0.25) is 0 Å². The van der Waals surface area contributed by atoms with Crippen molar-refractivity contribution in [3.63, 3.8) is 0 Å². The summed E-state index contributed by atoms with van der Waals surface area (Å²) in [4.78, 5) is 0. The third kappa shape index (κ3) is 5.72. The van der Waals surface area contributed by atoms with Gasteiger partial charge in [-0.1, -0.05) is 30.1 Å². The summed E-state index contributed by atoms with van der Waals surface area (Å²) >= 11 is 0. The number of halogens is 6. The Bertz CT molecular complexity index is 345. The van der Waals surface area contributed by atoms with Crippen LogP contribution in [0.1, 0.15) is 11.1 Å². The minimum Gasteiger partial charge on any atom is -0.449 e. The van der Waals surface area contributed by atoms with Gasteiger partial charge in [-0.05, 0) is 6.07 Å². The fraction of sp³-hybridized carbons (Fsp3) is 0.250. The van der Waals surface area contributed by atoms with Crippen LogP contribution in [0.15, 0.2) is 24.3 Å². The molecule has 0 bridgehead atoms. The van der Waals surface area contributed by atoms with Crippen LogP contribution >= 0.6 is 0 Å². The molecular formula is C8H6BF6K. The van der Waals surface area contributed by atoms with Crippen molar-refractivity contribution < 1.29 is 77.5 Å². The van der Waals surface area contributed by atoms with Gasteiger partial charge in [0.25, 0.3) is 0 Å². The Balaban J connectivity index is 0.00000225. The molecule has 0 radical (unpaired) electrons. The maximum atomic E-state index is 12.1. The first-order valence-electron chi connectivity index (χ1n) is 4.05. The first kappa shape index (κ1) is 16.5. The summed E-state index contributed by atoms with van der Waals surface area (Å²) in [6.07, 6.45) is -5.89. The van der Waals surface area contributed by atoms with Crippen molar-refractivity contribution in [1.29, 1.82) is 0 Å². The number of hydrogen-bond donors (Lipinski definition) is 0. The number of benzene rings is 1. The molecule has 1 rings (SSSR count). The molecule has 16 heavy (non-hydrogen) atoms. The Morgan fingerprint density at radius 3 is 2.06 bits per heavy atom. The van der Waals surface area contributed by atoms with Gasteiger partial charge in [0, 0.05) is 0 Å². The topological polar surface area (TPSA) is 0 Å². The molecule has 1 aromatic rings. The molecule has 0 N–H and O–H groups in total. The molecule has 0 fully saturated rings. The SMILES string of the molecule is F[B-](F)(F)Cc1cccc(C(F)(F)F)c1.[K+]. The second-order valence-electron chi connectivity index (χ2n) is 3.11. The molecule has 0 aromatic heterocycles. The first-order valence-corrected chi connectivity index (χ1v) is 4.05. The second kappa shape index (κ2) is 5.90. The standard InChI is InChI=1S/C8H6BF6.K/c10-8(11,12)7-3-1-2-6(4-7)5-9(13,14)15;/h1-4H,5H2;/q-1;+1. The predicted molar refractivity (Wildman–Crippen MR) is 44.2 cm³/mol. The summed E-state index contributed by atoms with van der Waals surface area (Å²) in [5.74, 6) is 0. The summed E-state index contributed by atoms with van der Waals surface area (Å²) in [5, 5.41) is 0. The average Bonchev–Trinajstić information content (AvgIpc) is 1.99. The predicted octanol–water partition coefficient (Wildman–Crippen LogP) is 0.639. The van der Waals surface area contributed by atoms with Gasteiger partial charge in [-0.15, -0.1) is 0 Å². The molecule has 0 saturated carbocycles. The van der Waals surface area contributed by atoms with Crippen molar-refractivity contribution in [2.24, 2.45) is 0 Å². The minimum absolute atomic E-state index is 0. The molecule has 0 aliphatic heterocycles. The van der Waals surface area contributed by atoms with Crippen molar-refractivity contribution in [2.75, 3.05) is 0 Å². The Labute approximate surface area is 131 Å². The summed E-state index contributed by atoms with van der Waals surface area (Å²) in [6, 6.07) is 3.27. The van der Waals surface area contributed by atoms with E-state index in [9.17, 15) is 26.1 Å². The molecule has 0 amide bonds. The van der Waals surface area contributed by atoms with Crippen LogP contribution in [0.3, 0.4) is 0 Å². The average molecular weight is 266 g/mol. The van der Waals surface area contributed by atoms with E-state index in [4.69, 9.17) is 0 Å². The Morgan fingerprint density at radius 2 is 1.62 bits per heavy atom. The fourth-order valence-electron chi connectivity index (χ4n) is 1.14. The molecule has 84 valence electrons. The number of hydrogen-bond acceptors (Lipinski definition) is 0. The van der Waals surface area contributed by atoms with E-state index >= 15 is 0 Å². The molecule has 0 unspecified atom stereocenters. The maximum absolute atomic E-state index is 12.1. The van der Waals surface area contributed by atoms with Crippen LogP contribution in [0.2, 0.25) is 0 Å². The zero-order valence-corrected chi connectivity index (χ0v) is 11.5. The summed E-state index contributed by atoms with van der Waals surface area (Å²) < 4.78 is 72.2. The minimum atomic E-state index is -5.10. The molecule has 1 aromatic carbocycles. The summed E-state index contributed by atoms with van der Waals surface area (Å²) in [5.41, 5.74) is -1.42. The van der Waals surface area contributed by atoms with Crippen molar-refractivity contribution in [2.45, 2.75) is 12.5 Å². The Morgan fingerprint density at radius 1 is 1.06 bits per heavy atom. The monoisotopic (exact) mass is 266 g/mol. The van der Waals surface area contributed by atoms with E-state index < -0.39 is 25.0 Å². The molecule has 0 atom stereocenters. The van der Waals surface area contributed by atoms with E-state index in [2.05, 4.69) is 0 Å². The van der Waals surface area contributed by atoms with Crippen LogP contribution in [0.5, 0.6) is 0 Å². The third-order valence-corrected chi connectivity index (χ3v) is 1.72. The van der Waals surface area contributed by atoms with E-state index in [-0.39, 0.29) is 56.9 Å². The van der Waals surface area contributed by atoms with Gasteiger partial charge < -0.3 is 12.9 Å². The number of alkyl halides is 3. The molecule has 0 nitrogen and oxygen atoms in total. The van der Waals surface area contributed by atoms with Crippen molar-refractivity contribution >= 4 is 6.98 Å². The quantitative estimate of drug-likeness (QED) is 0.544. The Hall–Kier alpha value is 0.501. The molecule has 0 saturated heterocycles. The molecule has 0 aliphatic rings. The smallest absolute Gasteiger partial charge is 0.449 e. The van der Waals surface area contributed by atoms with Crippen LogP contribution in [-0.2, 0) is 12.5 Å². The second-order valence-corrected chi connectivity index (χ2v) is 3.11. The first-order chi connectivity index (χ1) is 6.68. The normalized spacial score (nSPS) is 12.1. The van der Waals surface area contributed by atoms with Crippen LogP contribution in [0.25, 0.3) is 0 Å². The zero-order chi connectivity index (χ0) is 11.7. The van der Waals surface area contributed by atoms with Crippen LogP contribution in [-0.4, -0.2) is 6.98 Å². The zero-order valence-electron chi connectivity index (χ0n) is 8.36. The van der Waals surface area contributed by atoms with Crippen molar-refractivity contribution in [3.8, 4) is 0 Å². The summed E-state index contributed by atoms with van der Waals surface area (Å²) in [7, 11) is 0. The van der Waals surface area contributed by atoms with Gasteiger partial charge in [0.1, 0.15) is 0 Å². The van der Waals surface area contributed by atoms with Gasteiger partial charge in [0.05, 0.1) is 5.56 Å². The van der Waals surface area contributed by atoms with E-state index in [1.807, 2.05) is 0 Å². The number of rotatable bonds is 2. The Kier molecular flexibility index (Phi) is 6.09. The fourth-order valence-corrected chi connectivity index (χ4v) is 1.14. The van der Waals surface area contributed by atoms with Gasteiger partial charge in [0.15, 0.2) is 0 Å². The van der Waals surface area contributed by atoms with Gasteiger partial charge in [-0.3, -0.25) is 0 Å².